The second kappa shape index (κ2) is 8.61. The zero-order valence-electron chi connectivity index (χ0n) is 18.7. The third-order valence-corrected chi connectivity index (χ3v) is 6.53. The van der Waals surface area contributed by atoms with Crippen LogP contribution in [0.25, 0.3) is 22.0 Å². The zero-order chi connectivity index (χ0) is 22.1. The number of aromatic nitrogens is 4. The Labute approximate surface area is 188 Å². The van der Waals surface area contributed by atoms with E-state index in [9.17, 15) is 4.79 Å². The lowest BCUT2D eigenvalue weighted by Gasteiger charge is -2.33. The molecule has 5 rings (SSSR count). The molecule has 32 heavy (non-hydrogen) atoms. The van der Waals surface area contributed by atoms with Crippen LogP contribution in [0, 0.1) is 13.8 Å². The van der Waals surface area contributed by atoms with Gasteiger partial charge in [0.25, 0.3) is 0 Å². The Morgan fingerprint density at radius 3 is 2.75 bits per heavy atom. The van der Waals surface area contributed by atoms with Gasteiger partial charge in [-0.15, -0.1) is 0 Å². The van der Waals surface area contributed by atoms with Gasteiger partial charge >= 0.3 is 0 Å². The molecule has 0 saturated carbocycles. The molecule has 1 saturated heterocycles. The van der Waals surface area contributed by atoms with Gasteiger partial charge in [0.15, 0.2) is 0 Å². The fourth-order valence-corrected chi connectivity index (χ4v) is 5.00. The highest BCUT2D eigenvalue weighted by Gasteiger charge is 2.28. The molecule has 1 aromatic carbocycles. The summed E-state index contributed by atoms with van der Waals surface area (Å²) in [5.74, 6) is 0.501. The van der Waals surface area contributed by atoms with Gasteiger partial charge in [-0.2, -0.15) is 5.10 Å². The molecule has 6 heteroatoms. The molecule has 1 amide bonds. The predicted octanol–water partition coefficient (Wildman–Crippen LogP) is 4.84. The molecule has 4 aromatic rings. The summed E-state index contributed by atoms with van der Waals surface area (Å²) in [6.45, 7) is 6.24. The highest BCUT2D eigenvalue weighted by atomic mass is 16.2. The lowest BCUT2D eigenvalue weighted by atomic mass is 9.89. The fraction of sp³-hybridized carbons (Fsp3) is 0.346. The normalized spacial score (nSPS) is 16.6. The third-order valence-electron chi connectivity index (χ3n) is 6.53. The van der Waals surface area contributed by atoms with Gasteiger partial charge in [-0.05, 0) is 56.5 Å². The summed E-state index contributed by atoms with van der Waals surface area (Å²) in [5, 5.41) is 5.72. The summed E-state index contributed by atoms with van der Waals surface area (Å²) in [7, 11) is 0. The van der Waals surface area contributed by atoms with Crippen LogP contribution >= 0.6 is 0 Å². The second-order valence-electron chi connectivity index (χ2n) is 8.77. The van der Waals surface area contributed by atoms with Crippen molar-refractivity contribution in [1.82, 2.24) is 24.6 Å². The first-order valence-corrected chi connectivity index (χ1v) is 11.4. The number of para-hydroxylation sites is 1. The first-order chi connectivity index (χ1) is 15.6. The molecule has 0 aliphatic carbocycles. The van der Waals surface area contributed by atoms with E-state index in [2.05, 4.69) is 57.5 Å². The van der Waals surface area contributed by atoms with Gasteiger partial charge in [-0.1, -0.05) is 18.2 Å². The number of rotatable bonds is 5. The molecule has 164 valence electrons. The van der Waals surface area contributed by atoms with Crippen molar-refractivity contribution in [3.63, 3.8) is 0 Å². The Morgan fingerprint density at radius 2 is 1.97 bits per heavy atom. The Morgan fingerprint density at radius 1 is 1.16 bits per heavy atom. The van der Waals surface area contributed by atoms with Crippen molar-refractivity contribution < 1.29 is 4.79 Å². The number of carbonyl (C=O) groups is 1. The van der Waals surface area contributed by atoms with E-state index >= 15 is 0 Å². The van der Waals surface area contributed by atoms with Crippen LogP contribution < -0.4 is 0 Å². The number of fused-ring (bicyclic) bond motifs is 1. The SMILES string of the molecule is Cc1cc(C)n(CCC(=O)N2CCC[C@H](c3[nH]c4ccccc4c3-c3ccncc3)C2)n1. The van der Waals surface area contributed by atoms with Gasteiger partial charge in [0.05, 0.1) is 5.69 Å². The maximum absolute atomic E-state index is 13.1. The van der Waals surface area contributed by atoms with Crippen LogP contribution in [0.15, 0.2) is 54.9 Å². The molecule has 6 nitrogen and oxygen atoms in total. The number of H-pyrrole nitrogens is 1. The van der Waals surface area contributed by atoms with Gasteiger partial charge in [0.1, 0.15) is 0 Å². The molecule has 1 atom stereocenters. The average molecular weight is 428 g/mol. The van der Waals surface area contributed by atoms with E-state index in [4.69, 9.17) is 0 Å². The number of nitrogens with zero attached hydrogens (tertiary/aromatic N) is 4. The third kappa shape index (κ3) is 3.93. The van der Waals surface area contributed by atoms with Crippen LogP contribution in [-0.2, 0) is 11.3 Å². The van der Waals surface area contributed by atoms with Crippen molar-refractivity contribution in [3.05, 3.63) is 71.9 Å². The number of piperidine rings is 1. The van der Waals surface area contributed by atoms with Gasteiger partial charge in [0.2, 0.25) is 5.91 Å². The monoisotopic (exact) mass is 427 g/mol. The number of likely N-dealkylation sites (tertiary alicyclic amines) is 1. The highest BCUT2D eigenvalue weighted by Crippen LogP contribution is 2.39. The van der Waals surface area contributed by atoms with Crippen LogP contribution in [-0.4, -0.2) is 43.6 Å². The minimum absolute atomic E-state index is 0.212. The molecule has 1 N–H and O–H groups in total. The molecule has 1 aliphatic rings. The molecule has 4 heterocycles. The van der Waals surface area contributed by atoms with E-state index in [-0.39, 0.29) is 11.8 Å². The number of hydrogen-bond donors (Lipinski definition) is 1. The minimum atomic E-state index is 0.212. The van der Waals surface area contributed by atoms with Gasteiger partial charge in [0, 0.05) is 72.2 Å². The number of nitrogens with one attached hydrogen (secondary N) is 1. The van der Waals surface area contributed by atoms with Crippen LogP contribution in [0.4, 0.5) is 0 Å². The van der Waals surface area contributed by atoms with Crippen LogP contribution in [0.5, 0.6) is 0 Å². The average Bonchev–Trinajstić information content (AvgIpc) is 3.37. The molecule has 1 aliphatic heterocycles. The van der Waals surface area contributed by atoms with Crippen molar-refractivity contribution in [3.8, 4) is 11.1 Å². The van der Waals surface area contributed by atoms with Gasteiger partial charge in [-0.25, -0.2) is 0 Å². The number of carbonyl (C=O) groups excluding carboxylic acids is 1. The maximum atomic E-state index is 13.1. The van der Waals surface area contributed by atoms with Crippen LogP contribution in [0.3, 0.4) is 0 Å². The second-order valence-corrected chi connectivity index (χ2v) is 8.77. The van der Waals surface area contributed by atoms with Crippen molar-refractivity contribution in [1.29, 1.82) is 0 Å². The summed E-state index contributed by atoms with van der Waals surface area (Å²) in [6.07, 6.45) is 6.26. The van der Waals surface area contributed by atoms with E-state index in [1.165, 1.54) is 22.2 Å². The number of amides is 1. The maximum Gasteiger partial charge on any atom is 0.224 e. The summed E-state index contributed by atoms with van der Waals surface area (Å²) in [6, 6.07) is 14.6. The number of benzene rings is 1. The first kappa shape index (κ1) is 20.5. The lowest BCUT2D eigenvalue weighted by Crippen LogP contribution is -2.39. The highest BCUT2D eigenvalue weighted by molar-refractivity contribution is 5.97. The number of aryl methyl sites for hydroxylation is 3. The quantitative estimate of drug-likeness (QED) is 0.496. The molecule has 0 unspecified atom stereocenters. The molecule has 1 fully saturated rings. The summed E-state index contributed by atoms with van der Waals surface area (Å²) in [4.78, 5) is 23.0. The lowest BCUT2D eigenvalue weighted by molar-refractivity contribution is -0.132. The van der Waals surface area contributed by atoms with E-state index < -0.39 is 0 Å². The Kier molecular flexibility index (Phi) is 5.52. The largest absolute Gasteiger partial charge is 0.358 e. The standard InChI is InChI=1S/C26H29N5O/c1-18-16-19(2)31(29-18)15-11-24(32)30-14-5-6-21(17-30)26-25(20-9-12-27-13-10-20)22-7-3-4-8-23(22)28-26/h3-4,7-10,12-13,16,21,28H,5-6,11,14-15,17H2,1-2H3/t21-/m0/s1. The Hall–Kier alpha value is -3.41. The van der Waals surface area contributed by atoms with E-state index in [0.717, 1.165) is 42.8 Å². The van der Waals surface area contributed by atoms with Crippen LogP contribution in [0.1, 0.15) is 42.3 Å². The first-order valence-electron chi connectivity index (χ1n) is 11.4. The molecule has 0 bridgehead atoms. The molecule has 3 aromatic heterocycles. The summed E-state index contributed by atoms with van der Waals surface area (Å²) in [5.41, 5.74) is 6.88. The molecular formula is C26H29N5O. The summed E-state index contributed by atoms with van der Waals surface area (Å²) >= 11 is 0. The van der Waals surface area contributed by atoms with Crippen LogP contribution in [0.2, 0.25) is 0 Å². The van der Waals surface area contributed by atoms with Crippen molar-refractivity contribution in [2.24, 2.45) is 0 Å². The van der Waals surface area contributed by atoms with Gasteiger partial charge < -0.3 is 9.88 Å². The van der Waals surface area contributed by atoms with E-state index in [1.54, 1.807) is 0 Å². The zero-order valence-corrected chi connectivity index (χ0v) is 18.7. The molecule has 0 spiro atoms. The van der Waals surface area contributed by atoms with Crippen molar-refractivity contribution >= 4 is 16.8 Å². The fourth-order valence-electron chi connectivity index (χ4n) is 5.00. The minimum Gasteiger partial charge on any atom is -0.358 e. The summed E-state index contributed by atoms with van der Waals surface area (Å²) < 4.78 is 1.94. The van der Waals surface area contributed by atoms with Crippen molar-refractivity contribution in [2.75, 3.05) is 13.1 Å². The topological polar surface area (TPSA) is 66.8 Å². The van der Waals surface area contributed by atoms with E-state index in [1.807, 2.05) is 35.8 Å². The predicted molar refractivity (Wildman–Crippen MR) is 126 cm³/mol. The number of pyridine rings is 1. The smallest absolute Gasteiger partial charge is 0.224 e. The Balaban J connectivity index is 1.39. The Bertz CT molecular complexity index is 1240. The van der Waals surface area contributed by atoms with Gasteiger partial charge in [-0.3, -0.25) is 14.5 Å². The number of hydrogen-bond acceptors (Lipinski definition) is 3. The van der Waals surface area contributed by atoms with E-state index in [0.29, 0.717) is 13.0 Å². The molecular weight excluding hydrogens is 398 g/mol. The number of aromatic amines is 1. The molecule has 0 radical (unpaired) electrons. The van der Waals surface area contributed by atoms with Crippen molar-refractivity contribution in [2.45, 2.75) is 45.6 Å².